The van der Waals surface area contributed by atoms with E-state index in [1.807, 2.05) is 65.3 Å². The van der Waals surface area contributed by atoms with Crippen LogP contribution in [-0.2, 0) is 6.42 Å². The molecule has 0 spiro atoms. The molecule has 31 heavy (non-hydrogen) atoms. The van der Waals surface area contributed by atoms with Gasteiger partial charge in [0.1, 0.15) is 11.5 Å². The number of halogens is 1. The van der Waals surface area contributed by atoms with Crippen molar-refractivity contribution in [1.29, 1.82) is 0 Å². The Morgan fingerprint density at radius 1 is 0.903 bits per heavy atom. The Morgan fingerprint density at radius 3 is 2.32 bits per heavy atom. The molecule has 154 valence electrons. The number of imidazole rings is 1. The maximum atomic E-state index is 5.92. The molecule has 0 bridgehead atoms. The second-order valence-electron chi connectivity index (χ2n) is 6.89. The number of aryl methyl sites for hydroxylation is 1. The summed E-state index contributed by atoms with van der Waals surface area (Å²) in [6.45, 7) is 0. The van der Waals surface area contributed by atoms with Gasteiger partial charge in [-0.1, -0.05) is 65.0 Å². The van der Waals surface area contributed by atoms with Crippen molar-refractivity contribution in [2.24, 2.45) is 0 Å². The summed E-state index contributed by atoms with van der Waals surface area (Å²) in [7, 11) is 0. The molecule has 5 aromatic rings. The Bertz CT molecular complexity index is 1250. The fraction of sp³-hybridized carbons (Fsp3) is 0.0833. The van der Waals surface area contributed by atoms with E-state index >= 15 is 0 Å². The number of benzene rings is 3. The molecular weight excluding hydrogens is 446 g/mol. The lowest BCUT2D eigenvalue weighted by Gasteiger charge is -2.06. The van der Waals surface area contributed by atoms with Crippen LogP contribution in [-0.4, -0.2) is 20.4 Å². The fourth-order valence-corrected chi connectivity index (χ4v) is 5.22. The SMILES string of the molecule is Clc1ccc(Oc2ccc(-c3cn4nc(SCCc5ccccc5)sc4n3)cc2)cc1. The summed E-state index contributed by atoms with van der Waals surface area (Å²) in [5.74, 6) is 2.52. The van der Waals surface area contributed by atoms with Gasteiger partial charge in [-0.05, 0) is 60.5 Å². The molecule has 2 heterocycles. The Labute approximate surface area is 193 Å². The Morgan fingerprint density at radius 2 is 1.61 bits per heavy atom. The average molecular weight is 464 g/mol. The van der Waals surface area contributed by atoms with Gasteiger partial charge in [-0.25, -0.2) is 9.50 Å². The molecule has 0 fully saturated rings. The molecule has 4 nitrogen and oxygen atoms in total. The minimum absolute atomic E-state index is 0.689. The largest absolute Gasteiger partial charge is 0.457 e. The monoisotopic (exact) mass is 463 g/mol. The number of hydrogen-bond donors (Lipinski definition) is 0. The van der Waals surface area contributed by atoms with Crippen molar-refractivity contribution in [3.05, 3.63) is 95.6 Å². The first kappa shape index (κ1) is 20.1. The molecule has 0 aliphatic rings. The van der Waals surface area contributed by atoms with E-state index in [0.717, 1.165) is 44.2 Å². The zero-order valence-electron chi connectivity index (χ0n) is 16.4. The molecule has 3 aromatic carbocycles. The van der Waals surface area contributed by atoms with Crippen molar-refractivity contribution in [2.75, 3.05) is 5.75 Å². The third-order valence-electron chi connectivity index (χ3n) is 4.68. The smallest absolute Gasteiger partial charge is 0.213 e. The van der Waals surface area contributed by atoms with Crippen LogP contribution in [0.25, 0.3) is 16.2 Å². The first-order chi connectivity index (χ1) is 15.2. The maximum absolute atomic E-state index is 5.92. The highest BCUT2D eigenvalue weighted by Crippen LogP contribution is 2.30. The predicted molar refractivity (Wildman–Crippen MR) is 129 cm³/mol. The second-order valence-corrected chi connectivity index (χ2v) is 9.62. The lowest BCUT2D eigenvalue weighted by atomic mass is 10.2. The Kier molecular flexibility index (Phi) is 5.93. The highest BCUT2D eigenvalue weighted by atomic mass is 35.5. The van der Waals surface area contributed by atoms with E-state index in [4.69, 9.17) is 21.3 Å². The molecule has 0 radical (unpaired) electrons. The van der Waals surface area contributed by atoms with Crippen LogP contribution < -0.4 is 4.74 Å². The van der Waals surface area contributed by atoms with Crippen LogP contribution in [0.3, 0.4) is 0 Å². The lowest BCUT2D eigenvalue weighted by Crippen LogP contribution is -1.88. The van der Waals surface area contributed by atoms with Gasteiger partial charge in [0, 0.05) is 16.3 Å². The molecule has 7 heteroatoms. The quantitative estimate of drug-likeness (QED) is 0.238. The Balaban J connectivity index is 1.23. The van der Waals surface area contributed by atoms with Crippen molar-refractivity contribution in [3.63, 3.8) is 0 Å². The van der Waals surface area contributed by atoms with Crippen LogP contribution >= 0.6 is 34.7 Å². The zero-order chi connectivity index (χ0) is 21.0. The van der Waals surface area contributed by atoms with Crippen molar-refractivity contribution >= 4 is 39.7 Å². The maximum Gasteiger partial charge on any atom is 0.213 e. The minimum atomic E-state index is 0.689. The van der Waals surface area contributed by atoms with Gasteiger partial charge in [0.05, 0.1) is 11.9 Å². The average Bonchev–Trinajstić information content (AvgIpc) is 3.36. The van der Waals surface area contributed by atoms with Gasteiger partial charge in [-0.2, -0.15) is 0 Å². The molecule has 0 unspecified atom stereocenters. The van der Waals surface area contributed by atoms with E-state index in [9.17, 15) is 0 Å². The summed E-state index contributed by atoms with van der Waals surface area (Å²) in [5.41, 5.74) is 3.28. The van der Waals surface area contributed by atoms with Gasteiger partial charge < -0.3 is 4.74 Å². The van der Waals surface area contributed by atoms with Crippen molar-refractivity contribution in [2.45, 2.75) is 10.8 Å². The third-order valence-corrected chi connectivity index (χ3v) is 6.99. The van der Waals surface area contributed by atoms with Gasteiger partial charge in [0.25, 0.3) is 0 Å². The first-order valence-electron chi connectivity index (χ1n) is 9.80. The Hall–Kier alpha value is -2.80. The highest BCUT2D eigenvalue weighted by Gasteiger charge is 2.10. The second kappa shape index (κ2) is 9.14. The van der Waals surface area contributed by atoms with Gasteiger partial charge in [0.2, 0.25) is 4.96 Å². The highest BCUT2D eigenvalue weighted by molar-refractivity contribution is 8.01. The van der Waals surface area contributed by atoms with Crippen molar-refractivity contribution < 1.29 is 4.74 Å². The summed E-state index contributed by atoms with van der Waals surface area (Å²) < 4.78 is 8.76. The van der Waals surface area contributed by atoms with Crippen LogP contribution in [0.1, 0.15) is 5.56 Å². The van der Waals surface area contributed by atoms with E-state index < -0.39 is 0 Å². The predicted octanol–water partition coefficient (Wildman–Crippen LogP) is 7.24. The summed E-state index contributed by atoms with van der Waals surface area (Å²) in [4.78, 5) is 5.64. The van der Waals surface area contributed by atoms with Crippen LogP contribution in [0.5, 0.6) is 11.5 Å². The zero-order valence-corrected chi connectivity index (χ0v) is 18.8. The number of rotatable bonds is 7. The van der Waals surface area contributed by atoms with Crippen molar-refractivity contribution in [1.82, 2.24) is 14.6 Å². The standard InChI is InChI=1S/C24H18ClN3OS2/c25-19-8-12-21(13-9-19)29-20-10-6-18(7-11-20)22-16-28-23(26-22)31-24(27-28)30-15-14-17-4-2-1-3-5-17/h1-13,16H,14-15H2. The summed E-state index contributed by atoms with van der Waals surface area (Å²) in [6.07, 6.45) is 3.01. The van der Waals surface area contributed by atoms with Gasteiger partial charge >= 0.3 is 0 Å². The minimum Gasteiger partial charge on any atom is -0.457 e. The van der Waals surface area contributed by atoms with E-state index in [-0.39, 0.29) is 0 Å². The van der Waals surface area contributed by atoms with Crippen LogP contribution in [0.15, 0.2) is 89.4 Å². The summed E-state index contributed by atoms with van der Waals surface area (Å²) in [6, 6.07) is 25.7. The fourth-order valence-electron chi connectivity index (χ4n) is 3.11. The van der Waals surface area contributed by atoms with Crippen LogP contribution in [0, 0.1) is 0 Å². The van der Waals surface area contributed by atoms with E-state index in [1.54, 1.807) is 23.1 Å². The normalized spacial score (nSPS) is 11.1. The topological polar surface area (TPSA) is 39.4 Å². The first-order valence-corrected chi connectivity index (χ1v) is 12.0. The van der Waals surface area contributed by atoms with E-state index in [1.165, 1.54) is 5.56 Å². The van der Waals surface area contributed by atoms with E-state index in [0.29, 0.717) is 5.02 Å². The molecule has 2 aromatic heterocycles. The molecule has 0 aliphatic carbocycles. The molecule has 0 saturated carbocycles. The molecule has 0 N–H and O–H groups in total. The number of fused-ring (bicyclic) bond motifs is 1. The number of aromatic nitrogens is 3. The van der Waals surface area contributed by atoms with Crippen LogP contribution in [0.2, 0.25) is 5.02 Å². The van der Waals surface area contributed by atoms with Gasteiger partial charge in [0.15, 0.2) is 4.34 Å². The molecule has 0 saturated heterocycles. The van der Waals surface area contributed by atoms with Gasteiger partial charge in [-0.15, -0.1) is 5.10 Å². The number of nitrogens with zero attached hydrogens (tertiary/aromatic N) is 3. The molecule has 0 amide bonds. The van der Waals surface area contributed by atoms with E-state index in [2.05, 4.69) is 29.4 Å². The molecule has 0 atom stereocenters. The number of hydrogen-bond acceptors (Lipinski definition) is 5. The molecular formula is C24H18ClN3OS2. The molecule has 0 aliphatic heterocycles. The lowest BCUT2D eigenvalue weighted by molar-refractivity contribution is 0.483. The summed E-state index contributed by atoms with van der Waals surface area (Å²) >= 11 is 9.31. The molecule has 5 rings (SSSR count). The number of ether oxygens (including phenoxy) is 1. The third kappa shape index (κ3) is 4.93. The number of thioether (sulfide) groups is 1. The van der Waals surface area contributed by atoms with Gasteiger partial charge in [-0.3, -0.25) is 0 Å². The van der Waals surface area contributed by atoms with Crippen molar-refractivity contribution in [3.8, 4) is 22.8 Å². The summed E-state index contributed by atoms with van der Waals surface area (Å²) in [5, 5.41) is 5.36. The van der Waals surface area contributed by atoms with Crippen LogP contribution in [0.4, 0.5) is 0 Å².